The van der Waals surface area contributed by atoms with Gasteiger partial charge in [-0.05, 0) is 6.42 Å². The van der Waals surface area contributed by atoms with Crippen LogP contribution in [0.4, 0.5) is 0 Å². The highest BCUT2D eigenvalue weighted by Crippen LogP contribution is 2.10. The van der Waals surface area contributed by atoms with Crippen LogP contribution in [-0.4, -0.2) is 46.8 Å². The van der Waals surface area contributed by atoms with Crippen molar-refractivity contribution >= 4 is 5.97 Å². The summed E-state index contributed by atoms with van der Waals surface area (Å²) in [4.78, 5) is 12.5. The Labute approximate surface area is 71.8 Å². The third kappa shape index (κ3) is 2.46. The molecule has 0 saturated carbocycles. The Morgan fingerprint density at radius 2 is 2.42 bits per heavy atom. The summed E-state index contributed by atoms with van der Waals surface area (Å²) in [6.07, 6.45) is 0.512. The molecule has 70 valence electrons. The molecule has 1 unspecified atom stereocenters. The first-order chi connectivity index (χ1) is 5.59. The summed E-state index contributed by atoms with van der Waals surface area (Å²) in [5.41, 5.74) is 0. The van der Waals surface area contributed by atoms with Gasteiger partial charge in [-0.2, -0.15) is 0 Å². The molecule has 0 bridgehead atoms. The first-order valence-corrected chi connectivity index (χ1v) is 4.23. The lowest BCUT2D eigenvalue weighted by Crippen LogP contribution is -2.30. The van der Waals surface area contributed by atoms with E-state index in [1.165, 1.54) is 0 Å². The van der Waals surface area contributed by atoms with Crippen LogP contribution in [0.15, 0.2) is 0 Å². The molecule has 0 amide bonds. The van der Waals surface area contributed by atoms with Crippen LogP contribution in [-0.2, 0) is 4.79 Å². The SMILES string of the molecule is CC(CN1CC[C@@H](O)C1)C(=O)O. The zero-order valence-corrected chi connectivity index (χ0v) is 7.23. The molecule has 12 heavy (non-hydrogen) atoms. The van der Waals surface area contributed by atoms with Gasteiger partial charge in [0.2, 0.25) is 0 Å². The number of carbonyl (C=O) groups is 1. The van der Waals surface area contributed by atoms with Crippen LogP contribution in [0.3, 0.4) is 0 Å². The molecule has 4 nitrogen and oxygen atoms in total. The standard InChI is InChI=1S/C8H15NO3/c1-6(8(11)12)4-9-3-2-7(10)5-9/h6-7,10H,2-5H2,1H3,(H,11,12)/t6?,7-/m1/s1. The molecule has 1 saturated heterocycles. The minimum absolute atomic E-state index is 0.258. The topological polar surface area (TPSA) is 60.8 Å². The van der Waals surface area contributed by atoms with Gasteiger partial charge in [-0.15, -0.1) is 0 Å². The van der Waals surface area contributed by atoms with E-state index in [1.54, 1.807) is 6.92 Å². The van der Waals surface area contributed by atoms with Gasteiger partial charge in [-0.3, -0.25) is 9.69 Å². The normalized spacial score (nSPS) is 27.3. The molecule has 0 aromatic rings. The summed E-state index contributed by atoms with van der Waals surface area (Å²) in [6, 6.07) is 0. The van der Waals surface area contributed by atoms with Crippen molar-refractivity contribution in [1.29, 1.82) is 0 Å². The zero-order valence-electron chi connectivity index (χ0n) is 7.23. The summed E-state index contributed by atoms with van der Waals surface area (Å²) in [5.74, 6) is -1.10. The van der Waals surface area contributed by atoms with Crippen molar-refractivity contribution in [2.75, 3.05) is 19.6 Å². The molecule has 1 heterocycles. The summed E-state index contributed by atoms with van der Waals surface area (Å²) in [7, 11) is 0. The van der Waals surface area contributed by atoms with Gasteiger partial charge in [0.25, 0.3) is 0 Å². The Bertz CT molecular complexity index is 172. The molecule has 4 heteroatoms. The molecule has 2 atom stereocenters. The zero-order chi connectivity index (χ0) is 9.14. The molecule has 1 aliphatic rings. The Morgan fingerprint density at radius 3 is 2.83 bits per heavy atom. The summed E-state index contributed by atoms with van der Waals surface area (Å²) in [6.45, 7) is 3.68. The number of β-amino-alcohol motifs (C(OH)–C–C–N with tert-alkyl or cyclic N) is 1. The number of carboxylic acid groups (broad SMARTS) is 1. The van der Waals surface area contributed by atoms with E-state index < -0.39 is 5.97 Å². The van der Waals surface area contributed by atoms with E-state index in [9.17, 15) is 4.79 Å². The molecule has 0 aromatic carbocycles. The number of carboxylic acids is 1. The van der Waals surface area contributed by atoms with Crippen LogP contribution in [0.1, 0.15) is 13.3 Å². The van der Waals surface area contributed by atoms with Gasteiger partial charge in [-0.1, -0.05) is 6.92 Å². The first kappa shape index (κ1) is 9.48. The molecule has 1 fully saturated rings. The van der Waals surface area contributed by atoms with Crippen molar-refractivity contribution in [3.63, 3.8) is 0 Å². The van der Waals surface area contributed by atoms with Crippen LogP contribution < -0.4 is 0 Å². The maximum atomic E-state index is 10.5. The monoisotopic (exact) mass is 173 g/mol. The minimum Gasteiger partial charge on any atom is -0.481 e. The Kier molecular flexibility index (Phi) is 3.05. The van der Waals surface area contributed by atoms with E-state index >= 15 is 0 Å². The van der Waals surface area contributed by atoms with Gasteiger partial charge in [0.15, 0.2) is 0 Å². The van der Waals surface area contributed by atoms with Gasteiger partial charge < -0.3 is 10.2 Å². The van der Waals surface area contributed by atoms with Crippen molar-refractivity contribution in [2.24, 2.45) is 5.92 Å². The van der Waals surface area contributed by atoms with Crippen molar-refractivity contribution < 1.29 is 15.0 Å². The molecular weight excluding hydrogens is 158 g/mol. The van der Waals surface area contributed by atoms with E-state index in [4.69, 9.17) is 10.2 Å². The van der Waals surface area contributed by atoms with E-state index in [-0.39, 0.29) is 12.0 Å². The van der Waals surface area contributed by atoms with Gasteiger partial charge in [-0.25, -0.2) is 0 Å². The van der Waals surface area contributed by atoms with E-state index in [2.05, 4.69) is 0 Å². The van der Waals surface area contributed by atoms with E-state index in [1.807, 2.05) is 4.90 Å². The molecule has 0 spiro atoms. The lowest BCUT2D eigenvalue weighted by Gasteiger charge is -2.16. The number of aliphatic hydroxyl groups is 1. The second-order valence-corrected chi connectivity index (χ2v) is 3.44. The van der Waals surface area contributed by atoms with E-state index in [0.717, 1.165) is 13.0 Å². The van der Waals surface area contributed by atoms with Gasteiger partial charge >= 0.3 is 5.97 Å². The lowest BCUT2D eigenvalue weighted by atomic mass is 10.2. The minimum atomic E-state index is -0.767. The number of nitrogens with zero attached hydrogens (tertiary/aromatic N) is 1. The fraction of sp³-hybridized carbons (Fsp3) is 0.875. The van der Waals surface area contributed by atoms with Gasteiger partial charge in [0.05, 0.1) is 12.0 Å². The maximum Gasteiger partial charge on any atom is 0.307 e. The van der Waals surface area contributed by atoms with Crippen LogP contribution in [0.2, 0.25) is 0 Å². The third-order valence-electron chi connectivity index (χ3n) is 2.20. The molecule has 1 aliphatic heterocycles. The van der Waals surface area contributed by atoms with Gasteiger partial charge in [0.1, 0.15) is 0 Å². The number of rotatable bonds is 3. The van der Waals surface area contributed by atoms with Crippen molar-refractivity contribution in [3.8, 4) is 0 Å². The maximum absolute atomic E-state index is 10.5. The smallest absolute Gasteiger partial charge is 0.307 e. The predicted molar refractivity (Wildman–Crippen MR) is 43.9 cm³/mol. The van der Waals surface area contributed by atoms with Crippen LogP contribution in [0.25, 0.3) is 0 Å². The fourth-order valence-corrected chi connectivity index (χ4v) is 1.44. The Morgan fingerprint density at radius 1 is 1.75 bits per heavy atom. The number of aliphatic carboxylic acids is 1. The summed E-state index contributed by atoms with van der Waals surface area (Å²) >= 11 is 0. The Balaban J connectivity index is 2.27. The van der Waals surface area contributed by atoms with Crippen molar-refractivity contribution in [2.45, 2.75) is 19.4 Å². The summed E-state index contributed by atoms with van der Waals surface area (Å²) < 4.78 is 0. The number of hydrogen-bond donors (Lipinski definition) is 2. The lowest BCUT2D eigenvalue weighted by molar-refractivity contribution is -0.141. The molecule has 0 aliphatic carbocycles. The number of hydrogen-bond acceptors (Lipinski definition) is 3. The summed E-state index contributed by atoms with van der Waals surface area (Å²) in [5, 5.41) is 17.8. The molecule has 2 N–H and O–H groups in total. The Hall–Kier alpha value is -0.610. The predicted octanol–water partition coefficient (Wildman–Crippen LogP) is -0.226. The van der Waals surface area contributed by atoms with Crippen LogP contribution in [0.5, 0.6) is 0 Å². The number of likely N-dealkylation sites (tertiary alicyclic amines) is 1. The van der Waals surface area contributed by atoms with Crippen molar-refractivity contribution in [3.05, 3.63) is 0 Å². The first-order valence-electron chi connectivity index (χ1n) is 4.23. The largest absolute Gasteiger partial charge is 0.481 e. The van der Waals surface area contributed by atoms with Crippen molar-refractivity contribution in [1.82, 2.24) is 4.90 Å². The van der Waals surface area contributed by atoms with E-state index in [0.29, 0.717) is 13.1 Å². The fourth-order valence-electron chi connectivity index (χ4n) is 1.44. The van der Waals surface area contributed by atoms with Crippen LogP contribution >= 0.6 is 0 Å². The average molecular weight is 173 g/mol. The average Bonchev–Trinajstić information content (AvgIpc) is 2.35. The second-order valence-electron chi connectivity index (χ2n) is 3.44. The molecule has 0 aromatic heterocycles. The molecule has 1 rings (SSSR count). The highest BCUT2D eigenvalue weighted by atomic mass is 16.4. The second kappa shape index (κ2) is 3.87. The third-order valence-corrected chi connectivity index (χ3v) is 2.20. The van der Waals surface area contributed by atoms with Crippen LogP contribution in [0, 0.1) is 5.92 Å². The quantitative estimate of drug-likeness (QED) is 0.619. The highest BCUT2D eigenvalue weighted by molar-refractivity contribution is 5.69. The van der Waals surface area contributed by atoms with Gasteiger partial charge in [0, 0.05) is 19.6 Å². The molecular formula is C8H15NO3. The molecule has 0 radical (unpaired) electrons. The number of aliphatic hydroxyl groups excluding tert-OH is 1. The highest BCUT2D eigenvalue weighted by Gasteiger charge is 2.23.